The predicted octanol–water partition coefficient (Wildman–Crippen LogP) is 1.03. The Morgan fingerprint density at radius 1 is 1.21 bits per heavy atom. The summed E-state index contributed by atoms with van der Waals surface area (Å²) >= 11 is 4.11. The lowest BCUT2D eigenvalue weighted by atomic mass is 10.2. The molecule has 0 unspecified atom stereocenters. The molecule has 1 fully saturated rings. The van der Waals surface area contributed by atoms with E-state index in [1.807, 2.05) is 0 Å². The van der Waals surface area contributed by atoms with Crippen LogP contribution in [0.5, 0.6) is 0 Å². The standard InChI is InChI=1S/C9H16N2O2S/c12-8-7-10-9(13)11(8)5-3-1-2-4-6-14/h14H,1-7H2,(H,10,13). The van der Waals surface area contributed by atoms with Gasteiger partial charge in [-0.05, 0) is 18.6 Å². The summed E-state index contributed by atoms with van der Waals surface area (Å²) in [5.41, 5.74) is 0. The van der Waals surface area contributed by atoms with Gasteiger partial charge in [0.1, 0.15) is 0 Å². The molecular weight excluding hydrogens is 200 g/mol. The van der Waals surface area contributed by atoms with E-state index < -0.39 is 0 Å². The fourth-order valence-corrected chi connectivity index (χ4v) is 1.64. The fourth-order valence-electron chi connectivity index (χ4n) is 1.42. The van der Waals surface area contributed by atoms with Gasteiger partial charge in [0.2, 0.25) is 5.91 Å². The van der Waals surface area contributed by atoms with Crippen molar-refractivity contribution in [2.45, 2.75) is 25.7 Å². The van der Waals surface area contributed by atoms with Crippen LogP contribution in [-0.2, 0) is 4.79 Å². The molecule has 0 aromatic carbocycles. The van der Waals surface area contributed by atoms with Gasteiger partial charge in [0.25, 0.3) is 0 Å². The molecule has 3 amide bonds. The van der Waals surface area contributed by atoms with E-state index in [4.69, 9.17) is 0 Å². The summed E-state index contributed by atoms with van der Waals surface area (Å²) in [6.07, 6.45) is 4.17. The molecular formula is C9H16N2O2S. The molecule has 0 spiro atoms. The number of amides is 3. The third kappa shape index (κ3) is 3.21. The van der Waals surface area contributed by atoms with E-state index in [0.717, 1.165) is 31.4 Å². The second kappa shape index (κ2) is 5.90. The van der Waals surface area contributed by atoms with Crippen molar-refractivity contribution in [3.8, 4) is 0 Å². The van der Waals surface area contributed by atoms with Gasteiger partial charge in [0.15, 0.2) is 0 Å². The highest BCUT2D eigenvalue weighted by Crippen LogP contribution is 2.05. The molecule has 1 N–H and O–H groups in total. The Kier molecular flexibility index (Phi) is 4.79. The van der Waals surface area contributed by atoms with Crippen molar-refractivity contribution in [1.82, 2.24) is 10.2 Å². The van der Waals surface area contributed by atoms with Gasteiger partial charge in [-0.25, -0.2) is 4.79 Å². The molecule has 1 aliphatic heterocycles. The first-order valence-electron chi connectivity index (χ1n) is 4.95. The zero-order valence-corrected chi connectivity index (χ0v) is 9.06. The average molecular weight is 216 g/mol. The van der Waals surface area contributed by atoms with Crippen molar-refractivity contribution in [3.63, 3.8) is 0 Å². The average Bonchev–Trinajstić information content (AvgIpc) is 2.48. The van der Waals surface area contributed by atoms with Crippen LogP contribution < -0.4 is 5.32 Å². The zero-order chi connectivity index (χ0) is 10.4. The van der Waals surface area contributed by atoms with Crippen molar-refractivity contribution in [2.75, 3.05) is 18.8 Å². The number of carbonyl (C=O) groups excluding carboxylic acids is 2. The number of hydrogen-bond donors (Lipinski definition) is 2. The Labute approximate surface area is 89.4 Å². The molecule has 5 heteroatoms. The Morgan fingerprint density at radius 3 is 2.50 bits per heavy atom. The number of unbranched alkanes of at least 4 members (excludes halogenated alkanes) is 3. The first kappa shape index (κ1) is 11.4. The zero-order valence-electron chi connectivity index (χ0n) is 8.16. The highest BCUT2D eigenvalue weighted by molar-refractivity contribution is 7.80. The minimum atomic E-state index is -0.246. The van der Waals surface area contributed by atoms with Crippen LogP contribution in [-0.4, -0.2) is 35.7 Å². The Hall–Kier alpha value is -0.710. The van der Waals surface area contributed by atoms with E-state index in [0.29, 0.717) is 6.54 Å². The summed E-state index contributed by atoms with van der Waals surface area (Å²) in [5, 5.41) is 2.50. The first-order valence-corrected chi connectivity index (χ1v) is 5.58. The first-order chi connectivity index (χ1) is 6.75. The molecule has 1 saturated heterocycles. The number of urea groups is 1. The van der Waals surface area contributed by atoms with Gasteiger partial charge in [0, 0.05) is 6.54 Å². The van der Waals surface area contributed by atoms with Crippen LogP contribution in [0.15, 0.2) is 0 Å². The van der Waals surface area contributed by atoms with Gasteiger partial charge in [-0.2, -0.15) is 12.6 Å². The molecule has 0 radical (unpaired) electrons. The van der Waals surface area contributed by atoms with Gasteiger partial charge in [-0.3, -0.25) is 9.69 Å². The van der Waals surface area contributed by atoms with Gasteiger partial charge in [-0.1, -0.05) is 12.8 Å². The van der Waals surface area contributed by atoms with Gasteiger partial charge in [0.05, 0.1) is 6.54 Å². The van der Waals surface area contributed by atoms with Crippen LogP contribution in [0.25, 0.3) is 0 Å². The molecule has 0 atom stereocenters. The van der Waals surface area contributed by atoms with Crippen molar-refractivity contribution < 1.29 is 9.59 Å². The van der Waals surface area contributed by atoms with Crippen LogP contribution in [0.3, 0.4) is 0 Å². The molecule has 0 aromatic rings. The summed E-state index contributed by atoms with van der Waals surface area (Å²) in [6, 6.07) is -0.246. The topological polar surface area (TPSA) is 49.4 Å². The second-order valence-corrected chi connectivity index (χ2v) is 3.79. The third-order valence-corrected chi connectivity index (χ3v) is 2.54. The maximum absolute atomic E-state index is 11.1. The van der Waals surface area contributed by atoms with Gasteiger partial charge >= 0.3 is 6.03 Å². The lowest BCUT2D eigenvalue weighted by Crippen LogP contribution is -2.31. The highest BCUT2D eigenvalue weighted by atomic mass is 32.1. The fraction of sp³-hybridized carbons (Fsp3) is 0.778. The molecule has 14 heavy (non-hydrogen) atoms. The van der Waals surface area contributed by atoms with E-state index in [9.17, 15) is 9.59 Å². The minimum absolute atomic E-state index is 0.107. The van der Waals surface area contributed by atoms with Crippen molar-refractivity contribution in [3.05, 3.63) is 0 Å². The highest BCUT2D eigenvalue weighted by Gasteiger charge is 2.27. The van der Waals surface area contributed by atoms with Crippen LogP contribution >= 0.6 is 12.6 Å². The molecule has 1 rings (SSSR count). The van der Waals surface area contributed by atoms with E-state index in [1.54, 1.807) is 0 Å². The summed E-state index contributed by atoms with van der Waals surface area (Å²) in [7, 11) is 0. The maximum atomic E-state index is 11.1. The number of nitrogens with one attached hydrogen (secondary N) is 1. The number of carbonyl (C=O) groups is 2. The molecule has 0 aliphatic carbocycles. The van der Waals surface area contributed by atoms with E-state index >= 15 is 0 Å². The molecule has 1 aliphatic rings. The van der Waals surface area contributed by atoms with E-state index in [1.165, 1.54) is 4.90 Å². The molecule has 0 bridgehead atoms. The summed E-state index contributed by atoms with van der Waals surface area (Å²) < 4.78 is 0. The van der Waals surface area contributed by atoms with Crippen LogP contribution in [0.4, 0.5) is 4.79 Å². The molecule has 80 valence electrons. The van der Waals surface area contributed by atoms with Gasteiger partial charge in [-0.15, -0.1) is 0 Å². The quantitative estimate of drug-likeness (QED) is 0.396. The van der Waals surface area contributed by atoms with Crippen molar-refractivity contribution in [2.24, 2.45) is 0 Å². The maximum Gasteiger partial charge on any atom is 0.324 e. The van der Waals surface area contributed by atoms with E-state index in [2.05, 4.69) is 17.9 Å². The summed E-state index contributed by atoms with van der Waals surface area (Å²) in [5.74, 6) is 0.799. The molecule has 4 nitrogen and oxygen atoms in total. The SMILES string of the molecule is O=C1CNC(=O)N1CCCCCCS. The number of imide groups is 1. The number of rotatable bonds is 6. The molecule has 0 aromatic heterocycles. The number of thiol groups is 1. The molecule has 1 heterocycles. The molecule has 0 saturated carbocycles. The second-order valence-electron chi connectivity index (χ2n) is 3.34. The Morgan fingerprint density at radius 2 is 1.93 bits per heavy atom. The Bertz CT molecular complexity index is 205. The van der Waals surface area contributed by atoms with Crippen LogP contribution in [0.2, 0.25) is 0 Å². The minimum Gasteiger partial charge on any atom is -0.329 e. The lowest BCUT2D eigenvalue weighted by Gasteiger charge is -2.11. The lowest BCUT2D eigenvalue weighted by molar-refractivity contribution is -0.125. The van der Waals surface area contributed by atoms with Crippen LogP contribution in [0.1, 0.15) is 25.7 Å². The van der Waals surface area contributed by atoms with Crippen molar-refractivity contribution in [1.29, 1.82) is 0 Å². The Balaban J connectivity index is 2.11. The number of hydrogen-bond acceptors (Lipinski definition) is 3. The largest absolute Gasteiger partial charge is 0.329 e. The smallest absolute Gasteiger partial charge is 0.324 e. The monoisotopic (exact) mass is 216 g/mol. The third-order valence-electron chi connectivity index (χ3n) is 2.23. The summed E-state index contributed by atoms with van der Waals surface area (Å²) in [6.45, 7) is 0.715. The summed E-state index contributed by atoms with van der Waals surface area (Å²) in [4.78, 5) is 23.5. The number of nitrogens with zero attached hydrogens (tertiary/aromatic N) is 1. The van der Waals surface area contributed by atoms with Gasteiger partial charge < -0.3 is 5.32 Å². The van der Waals surface area contributed by atoms with E-state index in [-0.39, 0.29) is 18.5 Å². The van der Waals surface area contributed by atoms with Crippen molar-refractivity contribution >= 4 is 24.6 Å². The van der Waals surface area contributed by atoms with Crippen LogP contribution in [0, 0.1) is 0 Å². The normalized spacial score (nSPS) is 16.2. The predicted molar refractivity (Wildman–Crippen MR) is 57.4 cm³/mol.